The van der Waals surface area contributed by atoms with Gasteiger partial charge in [0.1, 0.15) is 6.54 Å². The van der Waals surface area contributed by atoms with Crippen LogP contribution in [0.4, 0.5) is 0 Å². The number of benzene rings is 1. The Hall–Kier alpha value is -1.71. The number of sulfone groups is 1. The van der Waals surface area contributed by atoms with Gasteiger partial charge in [0.15, 0.2) is 20.2 Å². The van der Waals surface area contributed by atoms with Crippen LogP contribution in [0.25, 0.3) is 0 Å². The molecule has 1 saturated heterocycles. The molecule has 1 aromatic rings. The van der Waals surface area contributed by atoms with E-state index in [1.807, 2.05) is 0 Å². The molecule has 0 aromatic heterocycles. The summed E-state index contributed by atoms with van der Waals surface area (Å²) in [6.45, 7) is -0.0251. The first-order chi connectivity index (χ1) is 8.93. The Morgan fingerprint density at radius 3 is 2.47 bits per heavy atom. The molecule has 9 heteroatoms. The summed E-state index contributed by atoms with van der Waals surface area (Å²) in [5.41, 5.74) is 0. The summed E-state index contributed by atoms with van der Waals surface area (Å²) in [6.07, 6.45) is 0. The van der Waals surface area contributed by atoms with Crippen LogP contribution in [0.15, 0.2) is 35.2 Å². The maximum Gasteiger partial charge on any atom is 0.197 e. The highest BCUT2D eigenvalue weighted by atomic mass is 32.2. The van der Waals surface area contributed by atoms with Gasteiger partial charge in [-0.05, 0) is 12.1 Å². The van der Waals surface area contributed by atoms with Crippen molar-refractivity contribution in [2.24, 2.45) is 5.84 Å². The minimum absolute atomic E-state index is 0.101. The fraction of sp³-hybridized carbons (Fsp3) is 0.400. The molecular formula is C10H14N4O4S. The van der Waals surface area contributed by atoms with Gasteiger partial charge in [-0.25, -0.2) is 23.5 Å². The molecule has 0 aliphatic carbocycles. The molecule has 0 amide bonds. The smallest absolute Gasteiger partial charge is 0.197 e. The molecule has 0 saturated carbocycles. The van der Waals surface area contributed by atoms with E-state index >= 15 is 0 Å². The van der Waals surface area contributed by atoms with Gasteiger partial charge in [0.05, 0.1) is 11.4 Å². The van der Waals surface area contributed by atoms with Gasteiger partial charge >= 0.3 is 0 Å². The van der Waals surface area contributed by atoms with E-state index in [1.54, 1.807) is 18.2 Å². The molecule has 2 N–H and O–H groups in total. The Balaban J connectivity index is 2.31. The van der Waals surface area contributed by atoms with Gasteiger partial charge in [0.2, 0.25) is 0 Å². The first kappa shape index (κ1) is 13.7. The van der Waals surface area contributed by atoms with E-state index in [0.29, 0.717) is 0 Å². The zero-order valence-electron chi connectivity index (χ0n) is 10.0. The summed E-state index contributed by atoms with van der Waals surface area (Å²) in [6, 6.07) is 7.80. The Morgan fingerprint density at radius 2 is 1.89 bits per heavy atom. The lowest BCUT2D eigenvalue weighted by Gasteiger charge is -2.33. The number of rotatable bonds is 3. The molecule has 1 fully saturated rings. The van der Waals surface area contributed by atoms with E-state index in [2.05, 4.69) is 0 Å². The summed E-state index contributed by atoms with van der Waals surface area (Å²) >= 11 is 0. The standard InChI is InChI=1S/C10H14N4O4S/c11-13-7-6-12(14(15)16)8-10(13)19(17,18)9-4-2-1-3-5-9/h1-5,10H,6-8,11H2. The van der Waals surface area contributed by atoms with E-state index in [9.17, 15) is 18.5 Å². The summed E-state index contributed by atoms with van der Waals surface area (Å²) in [7, 11) is -3.72. The molecular weight excluding hydrogens is 272 g/mol. The van der Waals surface area contributed by atoms with Crippen LogP contribution >= 0.6 is 0 Å². The highest BCUT2D eigenvalue weighted by Gasteiger charge is 2.39. The van der Waals surface area contributed by atoms with Crippen LogP contribution in [0, 0.1) is 10.1 Å². The van der Waals surface area contributed by atoms with Crippen molar-refractivity contribution < 1.29 is 13.5 Å². The largest absolute Gasteiger partial charge is 0.267 e. The number of hydrazine groups is 2. The molecule has 1 aromatic carbocycles. The third-order valence-corrected chi connectivity index (χ3v) is 5.08. The zero-order chi connectivity index (χ0) is 14.0. The lowest BCUT2D eigenvalue weighted by atomic mass is 10.4. The highest BCUT2D eigenvalue weighted by Crippen LogP contribution is 2.20. The Bertz CT molecular complexity index is 562. The fourth-order valence-corrected chi connectivity index (χ4v) is 3.62. The average molecular weight is 286 g/mol. The number of nitrogens with zero attached hydrogens (tertiary/aromatic N) is 3. The zero-order valence-corrected chi connectivity index (χ0v) is 10.9. The van der Waals surface area contributed by atoms with Gasteiger partial charge in [-0.3, -0.25) is 5.84 Å². The van der Waals surface area contributed by atoms with E-state index < -0.39 is 20.2 Å². The number of nitrogens with two attached hydrogens (primary N) is 1. The van der Waals surface area contributed by atoms with E-state index in [0.717, 1.165) is 10.0 Å². The maximum absolute atomic E-state index is 12.4. The quantitative estimate of drug-likeness (QED) is 0.452. The molecule has 1 atom stereocenters. The molecule has 1 heterocycles. The van der Waals surface area contributed by atoms with Crippen LogP contribution < -0.4 is 5.84 Å². The summed E-state index contributed by atoms with van der Waals surface area (Å²) < 4.78 is 24.8. The van der Waals surface area contributed by atoms with Gasteiger partial charge in [0.25, 0.3) is 0 Å². The number of nitro groups is 1. The second kappa shape index (κ2) is 5.11. The molecule has 0 spiro atoms. The molecule has 2 rings (SSSR count). The van der Waals surface area contributed by atoms with Crippen LogP contribution in [0.2, 0.25) is 0 Å². The lowest BCUT2D eigenvalue weighted by Crippen LogP contribution is -2.59. The molecule has 1 aliphatic rings. The monoisotopic (exact) mass is 286 g/mol. The molecule has 1 unspecified atom stereocenters. The first-order valence-electron chi connectivity index (χ1n) is 5.62. The fourth-order valence-electron chi connectivity index (χ4n) is 1.94. The Kier molecular flexibility index (Phi) is 3.69. The second-order valence-electron chi connectivity index (χ2n) is 4.20. The van der Waals surface area contributed by atoms with E-state index in [4.69, 9.17) is 5.84 Å². The maximum atomic E-state index is 12.4. The number of piperazine rings is 1. The van der Waals surface area contributed by atoms with Gasteiger partial charge < -0.3 is 0 Å². The SMILES string of the molecule is NN1CCN([N+](=O)[O-])CC1S(=O)(=O)c1ccccc1. The van der Waals surface area contributed by atoms with E-state index in [1.165, 1.54) is 12.1 Å². The normalized spacial score (nSPS) is 21.3. The predicted octanol–water partition coefficient (Wildman–Crippen LogP) is -0.531. The molecule has 19 heavy (non-hydrogen) atoms. The highest BCUT2D eigenvalue weighted by molar-refractivity contribution is 7.92. The topological polar surface area (TPSA) is 110 Å². The summed E-state index contributed by atoms with van der Waals surface area (Å²) in [5, 5.41) is 11.0. The van der Waals surface area contributed by atoms with Crippen molar-refractivity contribution in [3.05, 3.63) is 40.4 Å². The minimum atomic E-state index is -3.72. The molecule has 0 bridgehead atoms. The average Bonchev–Trinajstić information content (AvgIpc) is 2.39. The Morgan fingerprint density at radius 1 is 1.26 bits per heavy atom. The predicted molar refractivity (Wildman–Crippen MR) is 66.9 cm³/mol. The van der Waals surface area contributed by atoms with Crippen molar-refractivity contribution in [3.8, 4) is 0 Å². The van der Waals surface area contributed by atoms with E-state index in [-0.39, 0.29) is 24.5 Å². The van der Waals surface area contributed by atoms with Crippen LogP contribution in [0.1, 0.15) is 0 Å². The molecule has 8 nitrogen and oxygen atoms in total. The van der Waals surface area contributed by atoms with Crippen molar-refractivity contribution in [1.82, 2.24) is 10.0 Å². The van der Waals surface area contributed by atoms with Crippen molar-refractivity contribution in [3.63, 3.8) is 0 Å². The van der Waals surface area contributed by atoms with Gasteiger partial charge in [-0.2, -0.15) is 0 Å². The van der Waals surface area contributed by atoms with Gasteiger partial charge in [-0.1, -0.05) is 18.2 Å². The Labute approximate surface area is 110 Å². The third kappa shape index (κ3) is 2.67. The van der Waals surface area contributed by atoms with Crippen molar-refractivity contribution in [2.75, 3.05) is 19.6 Å². The first-order valence-corrected chi connectivity index (χ1v) is 7.17. The molecule has 0 radical (unpaired) electrons. The van der Waals surface area contributed by atoms with Crippen molar-refractivity contribution in [2.45, 2.75) is 10.3 Å². The van der Waals surface area contributed by atoms with Crippen LogP contribution in [0.3, 0.4) is 0 Å². The second-order valence-corrected chi connectivity index (χ2v) is 6.31. The van der Waals surface area contributed by atoms with Gasteiger partial charge in [-0.15, -0.1) is 5.01 Å². The third-order valence-electron chi connectivity index (χ3n) is 3.01. The van der Waals surface area contributed by atoms with Crippen LogP contribution in [-0.2, 0) is 9.84 Å². The van der Waals surface area contributed by atoms with Crippen LogP contribution in [-0.4, -0.2) is 48.5 Å². The molecule has 1 aliphatic heterocycles. The number of hydrogen-bond acceptors (Lipinski definition) is 6. The van der Waals surface area contributed by atoms with Crippen molar-refractivity contribution in [1.29, 1.82) is 0 Å². The number of hydrogen-bond donors (Lipinski definition) is 1. The minimum Gasteiger partial charge on any atom is -0.267 e. The summed E-state index contributed by atoms with van der Waals surface area (Å²) in [5.74, 6) is 5.67. The van der Waals surface area contributed by atoms with Crippen molar-refractivity contribution >= 4 is 9.84 Å². The van der Waals surface area contributed by atoms with Crippen LogP contribution in [0.5, 0.6) is 0 Å². The lowest BCUT2D eigenvalue weighted by molar-refractivity contribution is -0.658. The van der Waals surface area contributed by atoms with Gasteiger partial charge in [0, 0.05) is 6.54 Å². The molecule has 104 valence electrons. The summed E-state index contributed by atoms with van der Waals surface area (Å²) in [4.78, 5) is 10.9.